The molecular weight excluding hydrogens is 224 g/mol. The summed E-state index contributed by atoms with van der Waals surface area (Å²) in [5.74, 6) is 0. The number of nitrogens with two attached hydrogens (primary N) is 1. The summed E-state index contributed by atoms with van der Waals surface area (Å²) >= 11 is 0. The van der Waals surface area contributed by atoms with Crippen molar-refractivity contribution in [2.24, 2.45) is 5.73 Å². The van der Waals surface area contributed by atoms with Gasteiger partial charge in [0.05, 0.1) is 11.4 Å². The zero-order valence-corrected chi connectivity index (χ0v) is 10.8. The van der Waals surface area contributed by atoms with E-state index in [9.17, 15) is 0 Å². The molecule has 1 aromatic carbocycles. The predicted octanol–water partition coefficient (Wildman–Crippen LogP) is 2.08. The lowest BCUT2D eigenvalue weighted by Crippen LogP contribution is -2.08. The van der Waals surface area contributed by atoms with Crippen LogP contribution in [0.25, 0.3) is 5.69 Å². The molecule has 1 unspecified atom stereocenters. The Bertz CT molecular complexity index is 583. The van der Waals surface area contributed by atoms with Gasteiger partial charge in [-0.3, -0.25) is 0 Å². The Morgan fingerprint density at radius 1 is 1.28 bits per heavy atom. The van der Waals surface area contributed by atoms with Crippen molar-refractivity contribution in [1.82, 2.24) is 15.0 Å². The van der Waals surface area contributed by atoms with Crippen molar-refractivity contribution in [3.8, 4) is 5.69 Å². The van der Waals surface area contributed by atoms with Crippen molar-refractivity contribution in [2.75, 3.05) is 0 Å². The maximum Gasteiger partial charge on any atom is 0.102 e. The van der Waals surface area contributed by atoms with E-state index in [1.165, 1.54) is 30.4 Å². The van der Waals surface area contributed by atoms with Gasteiger partial charge in [-0.05, 0) is 56.4 Å². The first-order valence-electron chi connectivity index (χ1n) is 6.47. The first kappa shape index (κ1) is 11.4. The molecule has 0 fully saturated rings. The number of fused-ring (bicyclic) bond motifs is 1. The van der Waals surface area contributed by atoms with Crippen molar-refractivity contribution < 1.29 is 0 Å². The minimum Gasteiger partial charge on any atom is -0.323 e. The summed E-state index contributed by atoms with van der Waals surface area (Å²) in [5, 5.41) is 8.39. The largest absolute Gasteiger partial charge is 0.323 e. The van der Waals surface area contributed by atoms with E-state index in [-0.39, 0.29) is 6.04 Å². The van der Waals surface area contributed by atoms with E-state index in [1.54, 1.807) is 0 Å². The van der Waals surface area contributed by atoms with Crippen LogP contribution in [0.3, 0.4) is 0 Å². The summed E-state index contributed by atoms with van der Waals surface area (Å²) in [7, 11) is 0. The molecule has 1 atom stereocenters. The molecule has 1 aliphatic rings. The number of hydrogen-bond acceptors (Lipinski definition) is 3. The molecule has 0 saturated heterocycles. The zero-order chi connectivity index (χ0) is 12.7. The van der Waals surface area contributed by atoms with Crippen LogP contribution in [0, 0.1) is 6.92 Å². The summed E-state index contributed by atoms with van der Waals surface area (Å²) in [4.78, 5) is 0. The van der Waals surface area contributed by atoms with Gasteiger partial charge in [0.1, 0.15) is 5.69 Å². The first-order valence-corrected chi connectivity index (χ1v) is 6.47. The molecule has 4 nitrogen and oxygen atoms in total. The average Bonchev–Trinajstić information content (AvgIpc) is 2.93. The van der Waals surface area contributed by atoms with Crippen LogP contribution in [-0.2, 0) is 12.8 Å². The van der Waals surface area contributed by atoms with Gasteiger partial charge in [0.2, 0.25) is 0 Å². The number of nitrogens with zero attached hydrogens (tertiary/aromatic N) is 3. The molecule has 0 saturated carbocycles. The number of benzene rings is 1. The quantitative estimate of drug-likeness (QED) is 0.877. The minimum atomic E-state index is -0.0758. The average molecular weight is 242 g/mol. The van der Waals surface area contributed by atoms with Gasteiger partial charge in [-0.15, -0.1) is 5.10 Å². The van der Waals surface area contributed by atoms with E-state index in [0.717, 1.165) is 17.1 Å². The summed E-state index contributed by atoms with van der Waals surface area (Å²) in [6.45, 7) is 3.95. The van der Waals surface area contributed by atoms with E-state index in [4.69, 9.17) is 5.73 Å². The second-order valence-electron chi connectivity index (χ2n) is 5.07. The van der Waals surface area contributed by atoms with Crippen LogP contribution in [0.2, 0.25) is 0 Å². The van der Waals surface area contributed by atoms with Crippen LogP contribution in [0.5, 0.6) is 0 Å². The Balaban J connectivity index is 2.05. The van der Waals surface area contributed by atoms with E-state index < -0.39 is 0 Å². The lowest BCUT2D eigenvalue weighted by Gasteiger charge is -2.07. The third kappa shape index (κ3) is 1.73. The number of hydrogen-bond donors (Lipinski definition) is 1. The van der Waals surface area contributed by atoms with Crippen molar-refractivity contribution in [3.63, 3.8) is 0 Å². The minimum absolute atomic E-state index is 0.0758. The number of rotatable bonds is 2. The Hall–Kier alpha value is -1.68. The van der Waals surface area contributed by atoms with Gasteiger partial charge in [0.25, 0.3) is 0 Å². The Morgan fingerprint density at radius 3 is 2.78 bits per heavy atom. The van der Waals surface area contributed by atoms with Gasteiger partial charge in [-0.2, -0.15) is 0 Å². The fourth-order valence-corrected chi connectivity index (χ4v) is 2.70. The highest BCUT2D eigenvalue weighted by Gasteiger charge is 2.16. The standard InChI is InChI=1S/C14H18N4/c1-9(15)14-10(2)18(17-16-14)13-7-6-11-4-3-5-12(11)8-13/h6-9H,3-5,15H2,1-2H3. The summed E-state index contributed by atoms with van der Waals surface area (Å²) < 4.78 is 1.89. The molecule has 0 bridgehead atoms. The zero-order valence-electron chi connectivity index (χ0n) is 10.8. The van der Waals surface area contributed by atoms with Crippen molar-refractivity contribution in [3.05, 3.63) is 40.7 Å². The summed E-state index contributed by atoms with van der Waals surface area (Å²) in [5.41, 5.74) is 11.8. The summed E-state index contributed by atoms with van der Waals surface area (Å²) in [6, 6.07) is 6.49. The van der Waals surface area contributed by atoms with Crippen LogP contribution in [0.4, 0.5) is 0 Å². The van der Waals surface area contributed by atoms with Gasteiger partial charge in [0.15, 0.2) is 0 Å². The van der Waals surface area contributed by atoms with Crippen LogP contribution in [0.15, 0.2) is 18.2 Å². The van der Waals surface area contributed by atoms with Crippen LogP contribution >= 0.6 is 0 Å². The van der Waals surface area contributed by atoms with Gasteiger partial charge < -0.3 is 5.73 Å². The number of aryl methyl sites for hydroxylation is 2. The molecule has 0 aliphatic heterocycles. The van der Waals surface area contributed by atoms with E-state index in [2.05, 4.69) is 28.5 Å². The van der Waals surface area contributed by atoms with Crippen LogP contribution in [0.1, 0.15) is 41.9 Å². The fourth-order valence-electron chi connectivity index (χ4n) is 2.70. The van der Waals surface area contributed by atoms with E-state index in [0.29, 0.717) is 0 Å². The monoisotopic (exact) mass is 242 g/mol. The van der Waals surface area contributed by atoms with Gasteiger partial charge in [0, 0.05) is 6.04 Å². The van der Waals surface area contributed by atoms with Gasteiger partial charge in [-0.1, -0.05) is 11.3 Å². The molecule has 94 valence electrons. The maximum absolute atomic E-state index is 5.88. The predicted molar refractivity (Wildman–Crippen MR) is 70.7 cm³/mol. The molecular formula is C14H18N4. The van der Waals surface area contributed by atoms with Gasteiger partial charge >= 0.3 is 0 Å². The van der Waals surface area contributed by atoms with E-state index >= 15 is 0 Å². The fraction of sp³-hybridized carbons (Fsp3) is 0.429. The van der Waals surface area contributed by atoms with Gasteiger partial charge in [-0.25, -0.2) is 4.68 Å². The van der Waals surface area contributed by atoms with Crippen molar-refractivity contribution in [2.45, 2.75) is 39.2 Å². The Morgan fingerprint density at radius 2 is 2.06 bits per heavy atom. The molecule has 1 heterocycles. The second-order valence-corrected chi connectivity index (χ2v) is 5.07. The topological polar surface area (TPSA) is 56.7 Å². The third-order valence-corrected chi connectivity index (χ3v) is 3.69. The molecule has 0 spiro atoms. The Labute approximate surface area is 107 Å². The lowest BCUT2D eigenvalue weighted by atomic mass is 10.1. The molecule has 0 amide bonds. The normalized spacial score (nSPS) is 15.7. The number of aromatic nitrogens is 3. The molecule has 2 aromatic rings. The molecule has 1 aliphatic carbocycles. The smallest absolute Gasteiger partial charge is 0.102 e. The highest BCUT2D eigenvalue weighted by atomic mass is 15.4. The SMILES string of the molecule is Cc1c(C(C)N)nnn1-c1ccc2c(c1)CCC2. The summed E-state index contributed by atoms with van der Waals surface area (Å²) in [6.07, 6.45) is 3.65. The first-order chi connectivity index (χ1) is 8.66. The maximum atomic E-state index is 5.88. The van der Waals surface area contributed by atoms with E-state index in [1.807, 2.05) is 18.5 Å². The molecule has 1 aromatic heterocycles. The lowest BCUT2D eigenvalue weighted by molar-refractivity contribution is 0.756. The molecule has 0 radical (unpaired) electrons. The Kier molecular flexibility index (Phi) is 2.67. The molecule has 3 rings (SSSR count). The highest BCUT2D eigenvalue weighted by Crippen LogP contribution is 2.25. The van der Waals surface area contributed by atoms with Crippen molar-refractivity contribution >= 4 is 0 Å². The second kappa shape index (κ2) is 4.21. The molecule has 4 heteroatoms. The van der Waals surface area contributed by atoms with Crippen LogP contribution < -0.4 is 5.73 Å². The highest BCUT2D eigenvalue weighted by molar-refractivity contribution is 5.43. The third-order valence-electron chi connectivity index (χ3n) is 3.69. The molecule has 18 heavy (non-hydrogen) atoms. The van der Waals surface area contributed by atoms with Crippen LogP contribution in [-0.4, -0.2) is 15.0 Å². The van der Waals surface area contributed by atoms with Crippen molar-refractivity contribution in [1.29, 1.82) is 0 Å². The molecule has 2 N–H and O–H groups in total.